The van der Waals surface area contributed by atoms with E-state index in [-0.39, 0.29) is 10.6 Å². The number of para-hydroxylation sites is 1. The van der Waals surface area contributed by atoms with Crippen LogP contribution in [0.1, 0.15) is 5.56 Å². The summed E-state index contributed by atoms with van der Waals surface area (Å²) in [5, 5.41) is 2.64. The summed E-state index contributed by atoms with van der Waals surface area (Å²) in [6.45, 7) is 1.87. The summed E-state index contributed by atoms with van der Waals surface area (Å²) in [6.07, 6.45) is 0. The van der Waals surface area contributed by atoms with Crippen molar-refractivity contribution in [2.24, 2.45) is 0 Å². The SMILES string of the molecule is Cc1ccc(S(=O)(=O)Nc2ccc(Nc3c(F)cccc3F)cc2)cc1. The Bertz CT molecular complexity index is 998. The zero-order valence-electron chi connectivity index (χ0n) is 13.8. The maximum Gasteiger partial charge on any atom is 0.261 e. The molecule has 0 aliphatic carbocycles. The van der Waals surface area contributed by atoms with E-state index in [1.165, 1.54) is 42.5 Å². The molecule has 0 unspecified atom stereocenters. The average molecular weight is 374 g/mol. The van der Waals surface area contributed by atoms with Crippen molar-refractivity contribution in [3.05, 3.63) is 83.9 Å². The molecule has 0 heterocycles. The molecule has 0 saturated carbocycles. The third-order valence-electron chi connectivity index (χ3n) is 3.70. The smallest absolute Gasteiger partial charge is 0.261 e. The van der Waals surface area contributed by atoms with Crippen LogP contribution in [0.5, 0.6) is 0 Å². The predicted molar refractivity (Wildman–Crippen MR) is 98.1 cm³/mol. The van der Waals surface area contributed by atoms with Crippen LogP contribution in [0.25, 0.3) is 0 Å². The van der Waals surface area contributed by atoms with E-state index in [2.05, 4.69) is 10.0 Å². The summed E-state index contributed by atoms with van der Waals surface area (Å²) in [5.41, 5.74) is 1.46. The Morgan fingerprint density at radius 1 is 0.769 bits per heavy atom. The molecule has 0 atom stereocenters. The van der Waals surface area contributed by atoms with Gasteiger partial charge in [0, 0.05) is 11.4 Å². The highest BCUT2D eigenvalue weighted by molar-refractivity contribution is 7.92. The maximum atomic E-state index is 13.7. The molecule has 0 radical (unpaired) electrons. The van der Waals surface area contributed by atoms with Crippen molar-refractivity contribution in [1.82, 2.24) is 0 Å². The summed E-state index contributed by atoms with van der Waals surface area (Å²) in [7, 11) is -3.71. The molecule has 2 N–H and O–H groups in total. The number of benzene rings is 3. The predicted octanol–water partition coefficient (Wildman–Crippen LogP) is 4.82. The van der Waals surface area contributed by atoms with Gasteiger partial charge in [-0.2, -0.15) is 0 Å². The normalized spacial score (nSPS) is 11.2. The van der Waals surface area contributed by atoms with E-state index in [0.717, 1.165) is 17.7 Å². The lowest BCUT2D eigenvalue weighted by atomic mass is 10.2. The second-order valence-corrected chi connectivity index (χ2v) is 7.40. The third kappa shape index (κ3) is 4.00. The fourth-order valence-electron chi connectivity index (χ4n) is 2.31. The molecule has 0 aliphatic rings. The highest BCUT2D eigenvalue weighted by Gasteiger charge is 2.14. The van der Waals surface area contributed by atoms with Gasteiger partial charge in [-0.15, -0.1) is 0 Å². The lowest BCUT2D eigenvalue weighted by Gasteiger charge is -2.11. The van der Waals surface area contributed by atoms with Crippen LogP contribution in [0.4, 0.5) is 25.8 Å². The average Bonchev–Trinajstić information content (AvgIpc) is 2.60. The van der Waals surface area contributed by atoms with E-state index in [1.807, 2.05) is 6.92 Å². The Balaban J connectivity index is 1.76. The van der Waals surface area contributed by atoms with E-state index in [1.54, 1.807) is 12.1 Å². The van der Waals surface area contributed by atoms with Crippen molar-refractivity contribution < 1.29 is 17.2 Å². The standard InChI is InChI=1S/C19H16F2N2O2S/c1-13-5-11-16(12-6-13)26(24,25)23-15-9-7-14(8-10-15)22-19-17(20)3-2-4-18(19)21/h2-12,22-23H,1H3. The van der Waals surface area contributed by atoms with E-state index in [4.69, 9.17) is 0 Å². The van der Waals surface area contributed by atoms with Gasteiger partial charge in [0.05, 0.1) is 4.90 Å². The lowest BCUT2D eigenvalue weighted by Crippen LogP contribution is -2.12. The van der Waals surface area contributed by atoms with Crippen LogP contribution in [0.3, 0.4) is 0 Å². The summed E-state index contributed by atoms with van der Waals surface area (Å²) in [6, 6.07) is 16.1. The van der Waals surface area contributed by atoms with Gasteiger partial charge in [0.2, 0.25) is 0 Å². The van der Waals surface area contributed by atoms with E-state index in [9.17, 15) is 17.2 Å². The number of sulfonamides is 1. The van der Waals surface area contributed by atoms with Crippen molar-refractivity contribution >= 4 is 27.1 Å². The van der Waals surface area contributed by atoms with Crippen LogP contribution >= 0.6 is 0 Å². The Morgan fingerprint density at radius 3 is 1.88 bits per heavy atom. The number of anilines is 3. The monoisotopic (exact) mass is 374 g/mol. The van der Waals surface area contributed by atoms with Crippen LogP contribution in [-0.4, -0.2) is 8.42 Å². The van der Waals surface area contributed by atoms with Gasteiger partial charge in [-0.3, -0.25) is 4.72 Å². The molecule has 3 aromatic rings. The molecule has 4 nitrogen and oxygen atoms in total. The summed E-state index contributed by atoms with van der Waals surface area (Å²) < 4.78 is 54.5. The van der Waals surface area contributed by atoms with Crippen molar-refractivity contribution in [3.63, 3.8) is 0 Å². The molecule has 0 saturated heterocycles. The van der Waals surface area contributed by atoms with Crippen molar-refractivity contribution in [3.8, 4) is 0 Å². The molecule has 3 rings (SSSR count). The fourth-order valence-corrected chi connectivity index (χ4v) is 3.37. The Hall–Kier alpha value is -2.93. The molecule has 3 aromatic carbocycles. The van der Waals surface area contributed by atoms with Gasteiger partial charge in [0.25, 0.3) is 10.0 Å². The molecule has 0 fully saturated rings. The summed E-state index contributed by atoms with van der Waals surface area (Å²) in [4.78, 5) is 0.152. The van der Waals surface area contributed by atoms with Crippen LogP contribution in [0.15, 0.2) is 71.6 Å². The summed E-state index contributed by atoms with van der Waals surface area (Å²) in [5.74, 6) is -1.43. The first-order valence-electron chi connectivity index (χ1n) is 7.76. The second kappa shape index (κ2) is 7.13. The molecule has 0 spiro atoms. The molecular weight excluding hydrogens is 358 g/mol. The highest BCUT2D eigenvalue weighted by Crippen LogP contribution is 2.25. The van der Waals surface area contributed by atoms with Gasteiger partial charge in [-0.1, -0.05) is 23.8 Å². The topological polar surface area (TPSA) is 58.2 Å². The quantitative estimate of drug-likeness (QED) is 0.673. The minimum atomic E-state index is -3.71. The van der Waals surface area contributed by atoms with Gasteiger partial charge in [0.15, 0.2) is 0 Å². The minimum absolute atomic E-state index is 0.152. The minimum Gasteiger partial charge on any atom is -0.351 e. The van der Waals surface area contributed by atoms with Gasteiger partial charge >= 0.3 is 0 Å². The number of hydrogen-bond acceptors (Lipinski definition) is 3. The van der Waals surface area contributed by atoms with E-state index >= 15 is 0 Å². The Labute approximate surface area is 150 Å². The molecule has 7 heteroatoms. The first-order valence-corrected chi connectivity index (χ1v) is 9.24. The number of hydrogen-bond donors (Lipinski definition) is 2. The number of aryl methyl sites for hydroxylation is 1. The van der Waals surface area contributed by atoms with Crippen LogP contribution in [0, 0.1) is 18.6 Å². The molecule has 26 heavy (non-hydrogen) atoms. The molecule has 0 aliphatic heterocycles. The van der Waals surface area contributed by atoms with Gasteiger partial charge < -0.3 is 5.32 Å². The number of rotatable bonds is 5. The van der Waals surface area contributed by atoms with Crippen LogP contribution in [0.2, 0.25) is 0 Å². The maximum absolute atomic E-state index is 13.7. The van der Waals surface area contributed by atoms with Crippen LogP contribution in [-0.2, 0) is 10.0 Å². The molecular formula is C19H16F2N2O2S. The Morgan fingerprint density at radius 2 is 1.31 bits per heavy atom. The van der Waals surface area contributed by atoms with Gasteiger partial charge in [0.1, 0.15) is 17.3 Å². The summed E-state index contributed by atoms with van der Waals surface area (Å²) >= 11 is 0. The zero-order chi connectivity index (χ0) is 18.7. The number of nitrogens with one attached hydrogen (secondary N) is 2. The van der Waals surface area contributed by atoms with Crippen molar-refractivity contribution in [2.45, 2.75) is 11.8 Å². The largest absolute Gasteiger partial charge is 0.351 e. The number of halogens is 2. The first-order chi connectivity index (χ1) is 12.3. The van der Waals surface area contributed by atoms with Gasteiger partial charge in [-0.05, 0) is 55.5 Å². The molecule has 0 aromatic heterocycles. The highest BCUT2D eigenvalue weighted by atomic mass is 32.2. The molecule has 0 amide bonds. The van der Waals surface area contributed by atoms with E-state index < -0.39 is 21.7 Å². The van der Waals surface area contributed by atoms with Crippen molar-refractivity contribution in [2.75, 3.05) is 10.0 Å². The van der Waals surface area contributed by atoms with E-state index in [0.29, 0.717) is 11.4 Å². The molecule has 0 bridgehead atoms. The Kier molecular flexibility index (Phi) is 4.90. The first kappa shape index (κ1) is 17.9. The third-order valence-corrected chi connectivity index (χ3v) is 5.10. The molecule has 134 valence electrons. The van der Waals surface area contributed by atoms with Crippen LogP contribution < -0.4 is 10.0 Å². The van der Waals surface area contributed by atoms with Crippen molar-refractivity contribution in [1.29, 1.82) is 0 Å². The second-order valence-electron chi connectivity index (χ2n) is 5.72. The van der Waals surface area contributed by atoms with Gasteiger partial charge in [-0.25, -0.2) is 17.2 Å². The fraction of sp³-hybridized carbons (Fsp3) is 0.0526. The zero-order valence-corrected chi connectivity index (χ0v) is 14.6. The lowest BCUT2D eigenvalue weighted by molar-refractivity contribution is 0.590.